The van der Waals surface area contributed by atoms with Gasteiger partial charge >= 0.3 is 0 Å². The number of aromatic nitrogens is 2. The van der Waals surface area contributed by atoms with Crippen LogP contribution in [-0.4, -0.2) is 15.3 Å². The number of nitrogens with one attached hydrogen (secondary N) is 1. The quantitative estimate of drug-likeness (QED) is 0.371. The summed E-state index contributed by atoms with van der Waals surface area (Å²) in [5.41, 5.74) is -0.676. The van der Waals surface area contributed by atoms with E-state index in [0.717, 1.165) is 6.08 Å². The largest absolute Gasteiger partial charge is 0.467 e. The third kappa shape index (κ3) is 4.39. The van der Waals surface area contributed by atoms with Gasteiger partial charge in [0.1, 0.15) is 40.2 Å². The van der Waals surface area contributed by atoms with E-state index >= 15 is 0 Å². The van der Waals surface area contributed by atoms with Crippen molar-refractivity contribution in [3.63, 3.8) is 0 Å². The summed E-state index contributed by atoms with van der Waals surface area (Å²) in [5.74, 6) is -0.546. The van der Waals surface area contributed by atoms with Crippen LogP contribution in [0.25, 0.3) is 11.7 Å². The van der Waals surface area contributed by atoms with Crippen LogP contribution >= 0.6 is 0 Å². The molecule has 1 amide bonds. The Morgan fingerprint density at radius 2 is 2.03 bits per heavy atom. The first-order valence-corrected chi connectivity index (χ1v) is 9.42. The number of halogens is 1. The van der Waals surface area contributed by atoms with E-state index in [1.807, 2.05) is 0 Å². The summed E-state index contributed by atoms with van der Waals surface area (Å²) in [6.07, 6.45) is 4.08. The van der Waals surface area contributed by atoms with Crippen molar-refractivity contribution in [2.24, 2.45) is 0 Å². The lowest BCUT2D eigenvalue weighted by Gasteiger charge is -2.10. The van der Waals surface area contributed by atoms with Gasteiger partial charge in [-0.1, -0.05) is 6.07 Å². The Hall–Kier alpha value is -4.71. The van der Waals surface area contributed by atoms with E-state index < -0.39 is 17.3 Å². The molecule has 1 N–H and O–H groups in total. The summed E-state index contributed by atoms with van der Waals surface area (Å²) in [7, 11) is 0. The molecule has 0 radical (unpaired) electrons. The van der Waals surface area contributed by atoms with Crippen molar-refractivity contribution in [2.45, 2.75) is 6.54 Å². The van der Waals surface area contributed by atoms with Gasteiger partial charge in [0.2, 0.25) is 5.88 Å². The number of carbonyl (C=O) groups excluding carboxylic acids is 1. The number of furan rings is 1. The predicted octanol–water partition coefficient (Wildman–Crippen LogP) is 3.44. The van der Waals surface area contributed by atoms with Crippen LogP contribution < -0.4 is 15.6 Å². The summed E-state index contributed by atoms with van der Waals surface area (Å²) in [5, 5.41) is 12.1. The molecule has 0 aliphatic rings. The van der Waals surface area contributed by atoms with Gasteiger partial charge in [-0.05, 0) is 54.6 Å². The minimum absolute atomic E-state index is 0.0682. The molecule has 4 aromatic rings. The van der Waals surface area contributed by atoms with E-state index in [2.05, 4.69) is 10.3 Å². The first kappa shape index (κ1) is 20.6. The average molecular weight is 430 g/mol. The number of nitriles is 1. The van der Waals surface area contributed by atoms with E-state index in [-0.39, 0.29) is 29.3 Å². The molecule has 0 aliphatic carbocycles. The fourth-order valence-electron chi connectivity index (χ4n) is 2.87. The maximum atomic E-state index is 13.2. The lowest BCUT2D eigenvalue weighted by Crippen LogP contribution is -2.24. The molecule has 158 valence electrons. The number of hydrogen-bond acceptors (Lipinski definition) is 6. The lowest BCUT2D eigenvalue weighted by molar-refractivity contribution is -0.117. The Kier molecular flexibility index (Phi) is 5.76. The van der Waals surface area contributed by atoms with Crippen molar-refractivity contribution >= 4 is 17.6 Å². The van der Waals surface area contributed by atoms with Crippen molar-refractivity contribution < 1.29 is 18.3 Å². The number of amides is 1. The van der Waals surface area contributed by atoms with Crippen molar-refractivity contribution in [3.05, 3.63) is 100 Å². The minimum atomic E-state index is -0.700. The predicted molar refractivity (Wildman–Crippen MR) is 112 cm³/mol. The number of ether oxygens (including phenoxy) is 1. The van der Waals surface area contributed by atoms with Crippen LogP contribution in [0.2, 0.25) is 0 Å². The SMILES string of the molecule is N#C/C(=C\c1c(Oc2ccc(F)cc2)nc2ccccn2c1=O)C(=O)NCc1ccco1. The molecule has 8 nitrogen and oxygen atoms in total. The number of nitrogens with zero attached hydrogens (tertiary/aromatic N) is 3. The van der Waals surface area contributed by atoms with Gasteiger partial charge in [0.15, 0.2) is 0 Å². The van der Waals surface area contributed by atoms with Gasteiger partial charge in [-0.2, -0.15) is 10.2 Å². The van der Waals surface area contributed by atoms with Gasteiger partial charge in [-0.25, -0.2) is 4.39 Å². The topological polar surface area (TPSA) is 110 Å². The van der Waals surface area contributed by atoms with Gasteiger partial charge < -0.3 is 14.5 Å². The van der Waals surface area contributed by atoms with E-state index in [1.165, 1.54) is 41.1 Å². The molecule has 9 heteroatoms. The lowest BCUT2D eigenvalue weighted by atomic mass is 10.1. The highest BCUT2D eigenvalue weighted by molar-refractivity contribution is 6.01. The second-order valence-electron chi connectivity index (χ2n) is 6.55. The van der Waals surface area contributed by atoms with Crippen molar-refractivity contribution in [1.82, 2.24) is 14.7 Å². The van der Waals surface area contributed by atoms with Gasteiger partial charge in [-0.15, -0.1) is 0 Å². The number of pyridine rings is 1. The minimum Gasteiger partial charge on any atom is -0.467 e. The zero-order valence-corrected chi connectivity index (χ0v) is 16.5. The fourth-order valence-corrected chi connectivity index (χ4v) is 2.87. The molecule has 0 saturated heterocycles. The van der Waals surface area contributed by atoms with Crippen molar-refractivity contribution in [3.8, 4) is 17.7 Å². The molecule has 0 unspecified atom stereocenters. The second-order valence-corrected chi connectivity index (χ2v) is 6.55. The van der Waals surface area contributed by atoms with Crippen LogP contribution in [0.5, 0.6) is 11.6 Å². The molecule has 32 heavy (non-hydrogen) atoms. The first-order chi connectivity index (χ1) is 15.5. The summed E-state index contributed by atoms with van der Waals surface area (Å²) in [4.78, 5) is 29.9. The Morgan fingerprint density at radius 3 is 2.75 bits per heavy atom. The maximum absolute atomic E-state index is 13.2. The van der Waals surface area contributed by atoms with E-state index in [9.17, 15) is 19.2 Å². The van der Waals surface area contributed by atoms with Gasteiger partial charge in [-0.3, -0.25) is 14.0 Å². The molecule has 0 saturated carbocycles. The number of benzene rings is 1. The van der Waals surface area contributed by atoms with Crippen LogP contribution in [0.4, 0.5) is 4.39 Å². The van der Waals surface area contributed by atoms with Crippen LogP contribution in [0.15, 0.2) is 81.8 Å². The molecule has 0 aliphatic heterocycles. The Bertz CT molecular complexity index is 1400. The highest BCUT2D eigenvalue weighted by atomic mass is 19.1. The molecule has 0 spiro atoms. The Balaban J connectivity index is 1.75. The molecule has 0 fully saturated rings. The number of fused-ring (bicyclic) bond motifs is 1. The molecule has 0 bridgehead atoms. The monoisotopic (exact) mass is 430 g/mol. The van der Waals surface area contributed by atoms with E-state index in [1.54, 1.807) is 36.4 Å². The van der Waals surface area contributed by atoms with Gasteiger partial charge in [0.05, 0.1) is 12.8 Å². The fraction of sp³-hybridized carbons (Fsp3) is 0.0435. The maximum Gasteiger partial charge on any atom is 0.269 e. The smallest absolute Gasteiger partial charge is 0.269 e. The molecule has 3 aromatic heterocycles. The van der Waals surface area contributed by atoms with Crippen LogP contribution in [-0.2, 0) is 11.3 Å². The third-order valence-electron chi connectivity index (χ3n) is 4.42. The molecular weight excluding hydrogens is 415 g/mol. The van der Waals surface area contributed by atoms with Crippen LogP contribution in [0.3, 0.4) is 0 Å². The first-order valence-electron chi connectivity index (χ1n) is 9.42. The Labute approximate surface area is 180 Å². The second kappa shape index (κ2) is 8.97. The molecule has 4 rings (SSSR count). The highest BCUT2D eigenvalue weighted by Gasteiger charge is 2.17. The van der Waals surface area contributed by atoms with Crippen molar-refractivity contribution in [2.75, 3.05) is 0 Å². The third-order valence-corrected chi connectivity index (χ3v) is 4.42. The molecule has 1 aromatic carbocycles. The average Bonchev–Trinajstić information content (AvgIpc) is 3.33. The Morgan fingerprint density at radius 1 is 1.22 bits per heavy atom. The summed E-state index contributed by atoms with van der Waals surface area (Å²) in [6, 6.07) is 15.2. The highest BCUT2D eigenvalue weighted by Crippen LogP contribution is 2.24. The van der Waals surface area contributed by atoms with Crippen LogP contribution in [0.1, 0.15) is 11.3 Å². The number of rotatable bonds is 6. The van der Waals surface area contributed by atoms with Crippen LogP contribution in [0, 0.1) is 17.1 Å². The van der Waals surface area contributed by atoms with Crippen molar-refractivity contribution in [1.29, 1.82) is 5.26 Å². The van der Waals surface area contributed by atoms with Gasteiger partial charge in [0.25, 0.3) is 11.5 Å². The zero-order valence-electron chi connectivity index (χ0n) is 16.5. The van der Waals surface area contributed by atoms with Gasteiger partial charge in [0, 0.05) is 6.20 Å². The molecular formula is C23H15FN4O4. The number of hydrogen-bond donors (Lipinski definition) is 1. The number of carbonyl (C=O) groups is 1. The zero-order chi connectivity index (χ0) is 22.5. The normalized spacial score (nSPS) is 11.2. The molecule has 3 heterocycles. The molecule has 0 atom stereocenters. The summed E-state index contributed by atoms with van der Waals surface area (Å²) in [6.45, 7) is 0.0682. The summed E-state index contributed by atoms with van der Waals surface area (Å²) < 4.78 is 25.4. The standard InChI is InChI=1S/C23H15FN4O4/c24-16-6-8-17(9-7-16)32-22-19(23(30)28-10-2-1-5-20(28)27-22)12-15(13-25)21(29)26-14-18-4-3-11-31-18/h1-12H,14H2,(H,26,29)/b15-12+. The summed E-state index contributed by atoms with van der Waals surface area (Å²) >= 11 is 0. The van der Waals surface area contributed by atoms with E-state index in [0.29, 0.717) is 11.4 Å². The van der Waals surface area contributed by atoms with E-state index in [4.69, 9.17) is 9.15 Å².